The fourth-order valence-electron chi connectivity index (χ4n) is 2.93. The van der Waals surface area contributed by atoms with Crippen molar-refractivity contribution in [3.05, 3.63) is 0 Å². The van der Waals surface area contributed by atoms with Crippen molar-refractivity contribution in [3.8, 4) is 0 Å². The summed E-state index contributed by atoms with van der Waals surface area (Å²) < 4.78 is 77.4. The minimum Gasteiger partial charge on any atom is -0.414 e. The van der Waals surface area contributed by atoms with E-state index in [9.17, 15) is 4.39 Å². The number of hydrogen-bond acceptors (Lipinski definition) is 12. The van der Waals surface area contributed by atoms with Crippen LogP contribution in [0.3, 0.4) is 0 Å². The summed E-state index contributed by atoms with van der Waals surface area (Å²) in [6, 6.07) is 0. The Bertz CT molecular complexity index is 573. The maximum atomic E-state index is 11.8. The van der Waals surface area contributed by atoms with Gasteiger partial charge in [-0.05, 0) is 18.1 Å². The SMILES string of the molecule is CC(C)(C)[Si](C)(C)OCCOCCOCCOCCOCCOCCOCCOCCOCCOCCOCCOCCF. The van der Waals surface area contributed by atoms with E-state index in [2.05, 4.69) is 33.9 Å². The van der Waals surface area contributed by atoms with E-state index in [1.54, 1.807) is 0 Å². The number of ether oxygens (including phenoxy) is 11. The lowest BCUT2D eigenvalue weighted by molar-refractivity contribution is -0.0278. The topological polar surface area (TPSA) is 111 Å². The highest BCUT2D eigenvalue weighted by atomic mass is 28.4. The maximum Gasteiger partial charge on any atom is 0.192 e. The van der Waals surface area contributed by atoms with Crippen LogP contribution >= 0.6 is 0 Å². The lowest BCUT2D eigenvalue weighted by Crippen LogP contribution is -2.41. The molecule has 0 aliphatic heterocycles. The van der Waals surface area contributed by atoms with Gasteiger partial charge in [0.25, 0.3) is 0 Å². The van der Waals surface area contributed by atoms with Crippen LogP contribution in [0, 0.1) is 0 Å². The van der Waals surface area contributed by atoms with Crippen LogP contribution in [-0.4, -0.2) is 167 Å². The molecule has 266 valence electrons. The molecule has 0 rings (SSSR count). The highest BCUT2D eigenvalue weighted by Gasteiger charge is 2.36. The first kappa shape index (κ1) is 43.7. The zero-order valence-electron chi connectivity index (χ0n) is 28.2. The Morgan fingerprint density at radius 2 is 0.523 bits per heavy atom. The van der Waals surface area contributed by atoms with Crippen LogP contribution in [0.2, 0.25) is 18.1 Å². The van der Waals surface area contributed by atoms with Crippen molar-refractivity contribution in [1.82, 2.24) is 0 Å². The Morgan fingerprint density at radius 3 is 0.705 bits per heavy atom. The molecule has 0 unspecified atom stereocenters. The van der Waals surface area contributed by atoms with Gasteiger partial charge in [-0.1, -0.05) is 20.8 Å². The predicted molar refractivity (Wildman–Crippen MR) is 168 cm³/mol. The molecule has 0 N–H and O–H groups in total. The molecule has 0 fully saturated rings. The number of halogens is 1. The molecule has 12 nitrogen and oxygen atoms in total. The average Bonchev–Trinajstić information content (AvgIpc) is 2.98. The Morgan fingerprint density at radius 1 is 0.341 bits per heavy atom. The number of alkyl halides is 1. The lowest BCUT2D eigenvalue weighted by atomic mass is 10.2. The fraction of sp³-hybridized carbons (Fsp3) is 1.00. The second-order valence-corrected chi connectivity index (χ2v) is 15.8. The third-order valence-electron chi connectivity index (χ3n) is 6.44. The summed E-state index contributed by atoms with van der Waals surface area (Å²) in [7, 11) is -1.70. The molecule has 0 amide bonds. The van der Waals surface area contributed by atoms with Crippen LogP contribution in [0.15, 0.2) is 0 Å². The van der Waals surface area contributed by atoms with Crippen molar-refractivity contribution < 1.29 is 60.9 Å². The number of rotatable bonds is 36. The van der Waals surface area contributed by atoms with Gasteiger partial charge in [-0.2, -0.15) is 0 Å². The third kappa shape index (κ3) is 31.6. The largest absolute Gasteiger partial charge is 0.414 e. The first-order valence-electron chi connectivity index (χ1n) is 15.9. The Hall–Kier alpha value is -0.333. The van der Waals surface area contributed by atoms with Crippen molar-refractivity contribution in [2.75, 3.05) is 159 Å². The standard InChI is InChI=1S/C30H63FO12Si/c1-30(2,3)44(4,5)43-29-28-42-27-26-41-25-24-40-23-22-39-21-20-38-19-18-37-17-16-36-15-14-35-13-12-34-11-10-33-9-8-32-7-6-31/h6-29H2,1-5H3. The monoisotopic (exact) mass is 662 g/mol. The van der Waals surface area contributed by atoms with Crippen LogP contribution < -0.4 is 0 Å². The van der Waals surface area contributed by atoms with Crippen molar-refractivity contribution >= 4 is 8.32 Å². The summed E-state index contributed by atoms with van der Waals surface area (Å²) in [5.74, 6) is 0. The van der Waals surface area contributed by atoms with Crippen molar-refractivity contribution in [2.24, 2.45) is 0 Å². The van der Waals surface area contributed by atoms with E-state index >= 15 is 0 Å². The van der Waals surface area contributed by atoms with Crippen LogP contribution in [-0.2, 0) is 56.5 Å². The summed E-state index contributed by atoms with van der Waals surface area (Å²) in [6.07, 6.45) is 0. The van der Waals surface area contributed by atoms with Crippen LogP contribution in [0.25, 0.3) is 0 Å². The zero-order valence-corrected chi connectivity index (χ0v) is 29.2. The molecule has 44 heavy (non-hydrogen) atoms. The van der Waals surface area contributed by atoms with Gasteiger partial charge in [0.05, 0.1) is 152 Å². The molecule has 0 aliphatic carbocycles. The summed E-state index contributed by atoms with van der Waals surface area (Å²) in [5.41, 5.74) is 0. The van der Waals surface area contributed by atoms with E-state index in [1.165, 1.54) is 0 Å². The first-order valence-corrected chi connectivity index (χ1v) is 18.8. The average molecular weight is 663 g/mol. The van der Waals surface area contributed by atoms with Crippen molar-refractivity contribution in [1.29, 1.82) is 0 Å². The van der Waals surface area contributed by atoms with E-state index in [1.807, 2.05) is 0 Å². The van der Waals surface area contributed by atoms with E-state index in [0.29, 0.717) is 145 Å². The van der Waals surface area contributed by atoms with Gasteiger partial charge in [-0.25, -0.2) is 4.39 Å². The molecular weight excluding hydrogens is 599 g/mol. The molecule has 0 radical (unpaired) electrons. The molecule has 0 saturated carbocycles. The molecule has 0 aromatic rings. The summed E-state index contributed by atoms with van der Waals surface area (Å²) >= 11 is 0. The van der Waals surface area contributed by atoms with Gasteiger partial charge in [-0.3, -0.25) is 0 Å². The van der Waals surface area contributed by atoms with Crippen molar-refractivity contribution in [3.63, 3.8) is 0 Å². The Kier molecular flexibility index (Phi) is 32.4. The summed E-state index contributed by atoms with van der Waals surface area (Å²) in [4.78, 5) is 0. The van der Waals surface area contributed by atoms with Gasteiger partial charge in [0.1, 0.15) is 6.67 Å². The third-order valence-corrected chi connectivity index (χ3v) is 11.0. The molecule has 0 saturated heterocycles. The van der Waals surface area contributed by atoms with Gasteiger partial charge < -0.3 is 56.5 Å². The lowest BCUT2D eigenvalue weighted by Gasteiger charge is -2.36. The second-order valence-electron chi connectivity index (χ2n) is 11.0. The summed E-state index contributed by atoms with van der Waals surface area (Å²) in [6.45, 7) is 22.0. The Balaban J connectivity index is 3.12. The minimum atomic E-state index is -1.70. The van der Waals surface area contributed by atoms with Gasteiger partial charge in [-0.15, -0.1) is 0 Å². The normalized spacial score (nSPS) is 12.4. The molecule has 0 aliphatic rings. The van der Waals surface area contributed by atoms with Gasteiger partial charge in [0.2, 0.25) is 0 Å². The molecule has 0 aromatic heterocycles. The maximum absolute atomic E-state index is 11.8. The smallest absolute Gasteiger partial charge is 0.192 e. The zero-order chi connectivity index (χ0) is 32.5. The molecule has 0 bridgehead atoms. The Labute approximate surface area is 266 Å². The van der Waals surface area contributed by atoms with Crippen LogP contribution in [0.1, 0.15) is 20.8 Å². The van der Waals surface area contributed by atoms with Crippen molar-refractivity contribution in [2.45, 2.75) is 38.9 Å². The molecular formula is C30H63FO12Si. The minimum absolute atomic E-state index is 0.114. The van der Waals surface area contributed by atoms with Crippen LogP contribution in [0.5, 0.6) is 0 Å². The summed E-state index contributed by atoms with van der Waals surface area (Å²) in [5, 5.41) is 0.215. The molecule has 0 spiro atoms. The first-order chi connectivity index (χ1) is 21.3. The molecule has 0 heterocycles. The molecule has 14 heteroatoms. The van der Waals surface area contributed by atoms with E-state index in [4.69, 9.17) is 56.5 Å². The highest BCUT2D eigenvalue weighted by molar-refractivity contribution is 6.74. The van der Waals surface area contributed by atoms with Gasteiger partial charge in [0.15, 0.2) is 8.32 Å². The quantitative estimate of drug-likeness (QED) is 0.0726. The predicted octanol–water partition coefficient (Wildman–Crippen LogP) is 3.16. The number of hydrogen-bond donors (Lipinski definition) is 0. The fourth-order valence-corrected chi connectivity index (χ4v) is 3.95. The van der Waals surface area contributed by atoms with Gasteiger partial charge in [0, 0.05) is 0 Å². The highest BCUT2D eigenvalue weighted by Crippen LogP contribution is 2.36. The van der Waals surface area contributed by atoms with Crippen LogP contribution in [0.4, 0.5) is 4.39 Å². The van der Waals surface area contributed by atoms with E-state index in [-0.39, 0.29) is 11.6 Å². The molecule has 0 aromatic carbocycles. The molecule has 0 atom stereocenters. The van der Waals surface area contributed by atoms with E-state index in [0.717, 1.165) is 0 Å². The van der Waals surface area contributed by atoms with E-state index < -0.39 is 15.0 Å². The second kappa shape index (κ2) is 32.6. The van der Waals surface area contributed by atoms with Gasteiger partial charge >= 0.3 is 0 Å².